The number of hydrogen-bond acceptors (Lipinski definition) is 3. The molecule has 4 nitrogen and oxygen atoms in total. The van der Waals surface area contributed by atoms with Crippen LogP contribution in [0.5, 0.6) is 0 Å². The number of ether oxygens (including phenoxy) is 1. The van der Waals surface area contributed by atoms with Crippen molar-refractivity contribution in [2.45, 2.75) is 37.5 Å². The van der Waals surface area contributed by atoms with Gasteiger partial charge in [0.05, 0.1) is 6.10 Å². The van der Waals surface area contributed by atoms with Crippen LogP contribution in [0, 0.1) is 5.92 Å². The first-order chi connectivity index (χ1) is 12.8. The van der Waals surface area contributed by atoms with Gasteiger partial charge in [-0.2, -0.15) is 0 Å². The highest BCUT2D eigenvalue weighted by Gasteiger charge is 2.32. The number of carbonyl (C=O) groups is 1. The van der Waals surface area contributed by atoms with Crippen LogP contribution in [0.4, 0.5) is 0 Å². The molecule has 1 aliphatic heterocycles. The zero-order valence-corrected chi connectivity index (χ0v) is 14.9. The van der Waals surface area contributed by atoms with Crippen molar-refractivity contribution in [3.63, 3.8) is 0 Å². The van der Waals surface area contributed by atoms with Crippen LogP contribution < -0.4 is 10.6 Å². The molecule has 3 atom stereocenters. The van der Waals surface area contributed by atoms with Crippen LogP contribution in [0.25, 0.3) is 0 Å². The van der Waals surface area contributed by atoms with Crippen LogP contribution in [0.15, 0.2) is 60.7 Å². The summed E-state index contributed by atoms with van der Waals surface area (Å²) in [5.74, 6) is 0.450. The third kappa shape index (κ3) is 4.14. The Morgan fingerprint density at radius 1 is 1.00 bits per heavy atom. The second-order valence-electron chi connectivity index (χ2n) is 7.29. The predicted octanol–water partition coefficient (Wildman–Crippen LogP) is 3.37. The van der Waals surface area contributed by atoms with Crippen molar-refractivity contribution < 1.29 is 9.53 Å². The Morgan fingerprint density at radius 3 is 2.38 bits per heavy atom. The van der Waals surface area contributed by atoms with E-state index in [1.54, 1.807) is 0 Å². The molecule has 26 heavy (non-hydrogen) atoms. The SMILES string of the molecule is O=C(NC1CC1)[C@@H](NC[C@H]1CCO[C@@H]1c1ccccc1)c1ccccc1. The van der Waals surface area contributed by atoms with Gasteiger partial charge in [-0.15, -0.1) is 0 Å². The molecule has 2 aliphatic rings. The van der Waals surface area contributed by atoms with E-state index in [0.717, 1.165) is 38.0 Å². The molecule has 136 valence electrons. The highest BCUT2D eigenvalue weighted by molar-refractivity contribution is 5.83. The molecule has 1 saturated heterocycles. The van der Waals surface area contributed by atoms with E-state index >= 15 is 0 Å². The number of benzene rings is 2. The molecule has 2 aromatic rings. The molecule has 1 amide bonds. The normalized spacial score (nSPS) is 23.5. The summed E-state index contributed by atoms with van der Waals surface area (Å²) >= 11 is 0. The molecule has 0 unspecified atom stereocenters. The van der Waals surface area contributed by atoms with Gasteiger partial charge in [0.15, 0.2) is 0 Å². The minimum Gasteiger partial charge on any atom is -0.373 e. The number of hydrogen-bond donors (Lipinski definition) is 2. The average Bonchev–Trinajstić information content (AvgIpc) is 3.37. The highest BCUT2D eigenvalue weighted by atomic mass is 16.5. The standard InChI is InChI=1S/C22H26N2O2/c25-22(24-19-11-12-19)20(16-7-3-1-4-8-16)23-15-18-13-14-26-21(18)17-9-5-2-6-10-17/h1-10,18-21,23H,11-15H2,(H,24,25)/t18-,20+,21-/m1/s1. The molecule has 2 fully saturated rings. The zero-order valence-electron chi connectivity index (χ0n) is 14.9. The number of carbonyl (C=O) groups excluding carboxylic acids is 1. The Hall–Kier alpha value is -2.17. The second kappa shape index (κ2) is 8.02. The van der Waals surface area contributed by atoms with Crippen LogP contribution in [0.2, 0.25) is 0 Å². The van der Waals surface area contributed by atoms with E-state index in [0.29, 0.717) is 12.0 Å². The van der Waals surface area contributed by atoms with Crippen LogP contribution in [0.1, 0.15) is 42.5 Å². The fourth-order valence-electron chi connectivity index (χ4n) is 3.64. The van der Waals surface area contributed by atoms with E-state index in [9.17, 15) is 4.79 Å². The van der Waals surface area contributed by atoms with Gasteiger partial charge in [-0.25, -0.2) is 0 Å². The Bertz CT molecular complexity index is 715. The van der Waals surface area contributed by atoms with Crippen LogP contribution in [-0.4, -0.2) is 25.1 Å². The lowest BCUT2D eigenvalue weighted by molar-refractivity contribution is -0.123. The Morgan fingerprint density at radius 2 is 1.69 bits per heavy atom. The molecule has 0 spiro atoms. The van der Waals surface area contributed by atoms with E-state index in [1.807, 2.05) is 36.4 Å². The maximum atomic E-state index is 12.7. The van der Waals surface area contributed by atoms with Gasteiger partial charge in [-0.3, -0.25) is 4.79 Å². The fraction of sp³-hybridized carbons (Fsp3) is 0.409. The third-order valence-corrected chi connectivity index (χ3v) is 5.25. The van der Waals surface area contributed by atoms with Crippen molar-refractivity contribution in [1.82, 2.24) is 10.6 Å². The fourth-order valence-corrected chi connectivity index (χ4v) is 3.64. The molecule has 0 radical (unpaired) electrons. The van der Waals surface area contributed by atoms with Gasteiger partial charge in [-0.05, 0) is 30.4 Å². The second-order valence-corrected chi connectivity index (χ2v) is 7.29. The first-order valence-electron chi connectivity index (χ1n) is 9.56. The van der Waals surface area contributed by atoms with Crippen LogP contribution >= 0.6 is 0 Å². The topological polar surface area (TPSA) is 50.4 Å². The maximum absolute atomic E-state index is 12.7. The summed E-state index contributed by atoms with van der Waals surface area (Å²) < 4.78 is 5.98. The minimum absolute atomic E-state index is 0.0777. The van der Waals surface area contributed by atoms with Crippen molar-refractivity contribution in [2.75, 3.05) is 13.2 Å². The molecule has 4 heteroatoms. The Balaban J connectivity index is 1.44. The molecular formula is C22H26N2O2. The van der Waals surface area contributed by atoms with Gasteiger partial charge in [-0.1, -0.05) is 60.7 Å². The number of nitrogens with one attached hydrogen (secondary N) is 2. The van der Waals surface area contributed by atoms with Crippen LogP contribution in [0.3, 0.4) is 0 Å². The maximum Gasteiger partial charge on any atom is 0.241 e. The summed E-state index contributed by atoms with van der Waals surface area (Å²) in [5.41, 5.74) is 2.23. The lowest BCUT2D eigenvalue weighted by atomic mass is 9.94. The van der Waals surface area contributed by atoms with Gasteiger partial charge in [0.1, 0.15) is 6.04 Å². The summed E-state index contributed by atoms with van der Waals surface area (Å²) in [7, 11) is 0. The molecule has 4 rings (SSSR count). The zero-order chi connectivity index (χ0) is 17.8. The Kier molecular flexibility index (Phi) is 5.32. The highest BCUT2D eigenvalue weighted by Crippen LogP contribution is 2.34. The molecule has 2 aromatic carbocycles. The summed E-state index contributed by atoms with van der Waals surface area (Å²) in [6.45, 7) is 1.54. The lowest BCUT2D eigenvalue weighted by Gasteiger charge is -2.24. The van der Waals surface area contributed by atoms with Crippen molar-refractivity contribution in [3.8, 4) is 0 Å². The number of rotatable bonds is 7. The van der Waals surface area contributed by atoms with Gasteiger partial charge in [0.2, 0.25) is 5.91 Å². The lowest BCUT2D eigenvalue weighted by Crippen LogP contribution is -2.40. The summed E-state index contributed by atoms with van der Waals surface area (Å²) in [5, 5.41) is 6.66. The first kappa shape index (κ1) is 17.3. The summed E-state index contributed by atoms with van der Waals surface area (Å²) in [6, 6.07) is 20.4. The van der Waals surface area contributed by atoms with Gasteiger partial charge in [0, 0.05) is 25.1 Å². The smallest absolute Gasteiger partial charge is 0.241 e. The quantitative estimate of drug-likeness (QED) is 0.805. The van der Waals surface area contributed by atoms with E-state index in [4.69, 9.17) is 4.74 Å². The summed E-state index contributed by atoms with van der Waals surface area (Å²) in [4.78, 5) is 12.7. The monoisotopic (exact) mass is 350 g/mol. The van der Waals surface area contributed by atoms with E-state index in [2.05, 4.69) is 34.9 Å². The van der Waals surface area contributed by atoms with Crippen molar-refractivity contribution in [1.29, 1.82) is 0 Å². The molecule has 1 saturated carbocycles. The van der Waals surface area contributed by atoms with E-state index in [1.165, 1.54) is 5.56 Å². The van der Waals surface area contributed by atoms with E-state index in [-0.39, 0.29) is 18.1 Å². The molecule has 1 aliphatic carbocycles. The van der Waals surface area contributed by atoms with Gasteiger partial charge < -0.3 is 15.4 Å². The van der Waals surface area contributed by atoms with Gasteiger partial charge in [0.25, 0.3) is 0 Å². The minimum atomic E-state index is -0.311. The molecule has 1 heterocycles. The summed E-state index contributed by atoms with van der Waals surface area (Å²) in [6.07, 6.45) is 3.31. The van der Waals surface area contributed by atoms with Crippen molar-refractivity contribution in [3.05, 3.63) is 71.8 Å². The molecule has 0 bridgehead atoms. The first-order valence-corrected chi connectivity index (χ1v) is 9.56. The molecular weight excluding hydrogens is 324 g/mol. The van der Waals surface area contributed by atoms with Crippen molar-refractivity contribution >= 4 is 5.91 Å². The van der Waals surface area contributed by atoms with E-state index < -0.39 is 0 Å². The molecule has 2 N–H and O–H groups in total. The van der Waals surface area contributed by atoms with Crippen LogP contribution in [-0.2, 0) is 9.53 Å². The van der Waals surface area contributed by atoms with Gasteiger partial charge >= 0.3 is 0 Å². The Labute approximate surface area is 155 Å². The number of amides is 1. The van der Waals surface area contributed by atoms with Crippen molar-refractivity contribution in [2.24, 2.45) is 5.92 Å². The third-order valence-electron chi connectivity index (χ3n) is 5.25. The average molecular weight is 350 g/mol. The largest absolute Gasteiger partial charge is 0.373 e. The molecule has 0 aromatic heterocycles. The predicted molar refractivity (Wildman–Crippen MR) is 102 cm³/mol.